The molecule has 28 heavy (non-hydrogen) atoms. The second-order valence-electron chi connectivity index (χ2n) is 6.48. The summed E-state index contributed by atoms with van der Waals surface area (Å²) < 4.78 is 0. The first-order valence-electron chi connectivity index (χ1n) is 8.99. The van der Waals surface area contributed by atoms with Gasteiger partial charge in [0.2, 0.25) is 5.91 Å². The highest BCUT2D eigenvalue weighted by Crippen LogP contribution is 2.32. The average molecular weight is 389 g/mol. The number of carbonyl (C=O) groups is 2. The second-order valence-corrected chi connectivity index (χ2v) is 7.62. The van der Waals surface area contributed by atoms with E-state index >= 15 is 0 Å². The number of ketones is 1. The smallest absolute Gasteiger partial charge is 0.242 e. The van der Waals surface area contributed by atoms with Crippen molar-refractivity contribution in [3.05, 3.63) is 95.8 Å². The third kappa shape index (κ3) is 4.13. The fourth-order valence-electron chi connectivity index (χ4n) is 3.07. The molecule has 1 aromatic heterocycles. The molecule has 0 saturated carbocycles. The van der Waals surface area contributed by atoms with Gasteiger partial charge < -0.3 is 5.32 Å². The van der Waals surface area contributed by atoms with Crippen LogP contribution in [0.25, 0.3) is 0 Å². The maximum absolute atomic E-state index is 12.7. The lowest BCUT2D eigenvalue weighted by molar-refractivity contribution is -0.117. The molecule has 0 bridgehead atoms. The van der Waals surface area contributed by atoms with Crippen LogP contribution in [0.5, 0.6) is 0 Å². The predicted octanol–water partition coefficient (Wildman–Crippen LogP) is 3.65. The molecule has 1 aliphatic rings. The Morgan fingerprint density at radius 2 is 1.82 bits per heavy atom. The SMILES string of the molecule is O=C(c1ccccc1)c1cccc(NC(=O)[C@@H]2CSC(c3cccnc3)N2)c1. The molecule has 5 nitrogen and oxygen atoms in total. The van der Waals surface area contributed by atoms with Crippen molar-refractivity contribution in [3.8, 4) is 0 Å². The zero-order valence-corrected chi connectivity index (χ0v) is 15.9. The minimum absolute atomic E-state index is 0.0513. The first-order chi connectivity index (χ1) is 13.7. The fraction of sp³-hybridized carbons (Fsp3) is 0.136. The van der Waals surface area contributed by atoms with Gasteiger partial charge in [0.25, 0.3) is 0 Å². The van der Waals surface area contributed by atoms with Crippen LogP contribution in [0.1, 0.15) is 26.9 Å². The molecule has 1 aliphatic heterocycles. The Labute approximate surface area is 167 Å². The number of amides is 1. The number of carbonyl (C=O) groups excluding carboxylic acids is 2. The zero-order valence-electron chi connectivity index (χ0n) is 15.0. The number of aromatic nitrogens is 1. The minimum atomic E-state index is -0.302. The van der Waals surface area contributed by atoms with Crippen molar-refractivity contribution in [1.29, 1.82) is 0 Å². The van der Waals surface area contributed by atoms with Gasteiger partial charge in [0.1, 0.15) is 0 Å². The summed E-state index contributed by atoms with van der Waals surface area (Å²) in [5.41, 5.74) is 2.84. The lowest BCUT2D eigenvalue weighted by Crippen LogP contribution is -2.38. The molecule has 3 aromatic rings. The van der Waals surface area contributed by atoms with Crippen LogP contribution in [0.2, 0.25) is 0 Å². The van der Waals surface area contributed by atoms with E-state index in [4.69, 9.17) is 0 Å². The molecular formula is C22H19N3O2S. The number of hydrogen-bond donors (Lipinski definition) is 2. The van der Waals surface area contributed by atoms with Crippen LogP contribution in [0.4, 0.5) is 5.69 Å². The van der Waals surface area contributed by atoms with Gasteiger partial charge in [0.15, 0.2) is 5.78 Å². The lowest BCUT2D eigenvalue weighted by atomic mass is 10.0. The monoisotopic (exact) mass is 389 g/mol. The van der Waals surface area contributed by atoms with E-state index in [2.05, 4.69) is 15.6 Å². The summed E-state index contributed by atoms with van der Waals surface area (Å²) in [6.45, 7) is 0. The third-order valence-electron chi connectivity index (χ3n) is 4.51. The summed E-state index contributed by atoms with van der Waals surface area (Å²) in [6.07, 6.45) is 3.54. The van der Waals surface area contributed by atoms with E-state index in [1.807, 2.05) is 36.5 Å². The van der Waals surface area contributed by atoms with Crippen molar-refractivity contribution >= 4 is 29.1 Å². The molecule has 0 spiro atoms. The van der Waals surface area contributed by atoms with Crippen LogP contribution in [-0.4, -0.2) is 28.5 Å². The van der Waals surface area contributed by atoms with Crippen LogP contribution in [0.15, 0.2) is 79.1 Å². The Morgan fingerprint density at radius 1 is 1.00 bits per heavy atom. The van der Waals surface area contributed by atoms with Crippen LogP contribution in [-0.2, 0) is 4.79 Å². The fourth-order valence-corrected chi connectivity index (χ4v) is 4.29. The van der Waals surface area contributed by atoms with E-state index in [1.165, 1.54) is 0 Å². The van der Waals surface area contributed by atoms with Gasteiger partial charge in [0, 0.05) is 35.0 Å². The number of hydrogen-bond acceptors (Lipinski definition) is 5. The quantitative estimate of drug-likeness (QED) is 0.652. The highest BCUT2D eigenvalue weighted by molar-refractivity contribution is 7.99. The number of anilines is 1. The van der Waals surface area contributed by atoms with Crippen molar-refractivity contribution in [3.63, 3.8) is 0 Å². The number of nitrogens with one attached hydrogen (secondary N) is 2. The molecule has 1 amide bonds. The Bertz CT molecular complexity index is 979. The molecule has 2 atom stereocenters. The first kappa shape index (κ1) is 18.4. The van der Waals surface area contributed by atoms with Gasteiger partial charge in [-0.15, -0.1) is 11.8 Å². The summed E-state index contributed by atoms with van der Waals surface area (Å²) in [7, 11) is 0. The topological polar surface area (TPSA) is 71.1 Å². The molecular weight excluding hydrogens is 370 g/mol. The Morgan fingerprint density at radius 3 is 2.61 bits per heavy atom. The normalized spacial score (nSPS) is 18.6. The van der Waals surface area contributed by atoms with E-state index in [-0.39, 0.29) is 23.1 Å². The molecule has 2 heterocycles. The maximum Gasteiger partial charge on any atom is 0.242 e. The molecule has 2 N–H and O–H groups in total. The van der Waals surface area contributed by atoms with Gasteiger partial charge in [-0.2, -0.15) is 0 Å². The third-order valence-corrected chi connectivity index (χ3v) is 5.78. The second kappa shape index (κ2) is 8.37. The van der Waals surface area contributed by atoms with Crippen molar-refractivity contribution in [2.75, 3.05) is 11.1 Å². The summed E-state index contributed by atoms with van der Waals surface area (Å²) >= 11 is 1.68. The van der Waals surface area contributed by atoms with Gasteiger partial charge >= 0.3 is 0 Å². The molecule has 140 valence electrons. The van der Waals surface area contributed by atoms with Gasteiger partial charge in [-0.05, 0) is 23.8 Å². The van der Waals surface area contributed by atoms with Crippen LogP contribution in [0.3, 0.4) is 0 Å². The maximum atomic E-state index is 12.7. The number of thioether (sulfide) groups is 1. The average Bonchev–Trinajstić information content (AvgIpc) is 3.25. The van der Waals surface area contributed by atoms with E-state index < -0.39 is 0 Å². The highest BCUT2D eigenvalue weighted by Gasteiger charge is 2.30. The molecule has 2 aromatic carbocycles. The van der Waals surface area contributed by atoms with Gasteiger partial charge in [-0.25, -0.2) is 0 Å². The molecule has 1 fully saturated rings. The lowest BCUT2D eigenvalue weighted by Gasteiger charge is -2.14. The highest BCUT2D eigenvalue weighted by atomic mass is 32.2. The molecule has 0 radical (unpaired) electrons. The summed E-state index contributed by atoms with van der Waals surface area (Å²) in [6, 6.07) is 19.7. The zero-order chi connectivity index (χ0) is 19.3. The van der Waals surface area contributed by atoms with E-state index in [1.54, 1.807) is 54.4 Å². The Balaban J connectivity index is 1.42. The minimum Gasteiger partial charge on any atom is -0.325 e. The van der Waals surface area contributed by atoms with Crippen LogP contribution in [0, 0.1) is 0 Å². The summed E-state index contributed by atoms with van der Waals surface area (Å²) in [4.78, 5) is 29.4. The Kier molecular flexibility index (Phi) is 5.50. The standard InChI is InChI=1S/C22H19N3O2S/c26-20(15-6-2-1-3-7-15)16-8-4-10-18(12-16)24-21(27)19-14-28-22(25-19)17-9-5-11-23-13-17/h1-13,19,22,25H,14H2,(H,24,27)/t19-,22?/m0/s1. The van der Waals surface area contributed by atoms with Gasteiger partial charge in [-0.1, -0.05) is 48.5 Å². The molecule has 1 saturated heterocycles. The molecule has 6 heteroatoms. The van der Waals surface area contributed by atoms with Crippen molar-refractivity contribution < 1.29 is 9.59 Å². The van der Waals surface area contributed by atoms with Gasteiger partial charge in [-0.3, -0.25) is 19.9 Å². The number of pyridine rings is 1. The van der Waals surface area contributed by atoms with Crippen LogP contribution < -0.4 is 10.6 Å². The predicted molar refractivity (Wildman–Crippen MR) is 111 cm³/mol. The van der Waals surface area contributed by atoms with Gasteiger partial charge in [0.05, 0.1) is 11.4 Å². The van der Waals surface area contributed by atoms with Crippen molar-refractivity contribution in [1.82, 2.24) is 10.3 Å². The summed E-state index contributed by atoms with van der Waals surface area (Å²) in [5, 5.41) is 6.31. The number of benzene rings is 2. The van der Waals surface area contributed by atoms with Crippen molar-refractivity contribution in [2.45, 2.75) is 11.4 Å². The Hall–Kier alpha value is -2.96. The van der Waals surface area contributed by atoms with Crippen molar-refractivity contribution in [2.24, 2.45) is 0 Å². The van der Waals surface area contributed by atoms with E-state index in [9.17, 15) is 9.59 Å². The number of nitrogens with zero attached hydrogens (tertiary/aromatic N) is 1. The molecule has 4 rings (SSSR count). The molecule has 1 unspecified atom stereocenters. The summed E-state index contributed by atoms with van der Waals surface area (Å²) in [5.74, 6) is 0.500. The molecule has 0 aliphatic carbocycles. The van der Waals surface area contributed by atoms with E-state index in [0.717, 1.165) is 5.56 Å². The number of rotatable bonds is 5. The van der Waals surface area contributed by atoms with E-state index in [0.29, 0.717) is 22.6 Å². The first-order valence-corrected chi connectivity index (χ1v) is 10.0. The largest absolute Gasteiger partial charge is 0.325 e. The van der Waals surface area contributed by atoms with Crippen LogP contribution >= 0.6 is 11.8 Å².